The molecule has 0 aliphatic carbocycles. The summed E-state index contributed by atoms with van der Waals surface area (Å²) in [5, 5.41) is 12.7. The second-order valence-corrected chi connectivity index (χ2v) is 7.36. The van der Waals surface area contributed by atoms with Gasteiger partial charge in [0.15, 0.2) is 6.10 Å². The maximum Gasteiger partial charge on any atom is 0.271 e. The first kappa shape index (κ1) is 19.0. The predicted molar refractivity (Wildman–Crippen MR) is 112 cm³/mol. The lowest BCUT2D eigenvalue weighted by molar-refractivity contribution is -0.384. The molecule has 2 saturated heterocycles. The fourth-order valence-electron chi connectivity index (χ4n) is 4.20. The topological polar surface area (TPSA) is 93.0 Å². The van der Waals surface area contributed by atoms with Crippen LogP contribution in [-0.4, -0.2) is 22.8 Å². The smallest absolute Gasteiger partial charge is 0.271 e. The average Bonchev–Trinajstić information content (AvgIpc) is 3.31. The van der Waals surface area contributed by atoms with Crippen LogP contribution in [0.25, 0.3) is 0 Å². The van der Waals surface area contributed by atoms with E-state index in [1.165, 1.54) is 17.2 Å². The zero-order chi connectivity index (χ0) is 21.5. The van der Waals surface area contributed by atoms with E-state index >= 15 is 0 Å². The van der Waals surface area contributed by atoms with E-state index in [9.17, 15) is 19.7 Å². The second-order valence-electron chi connectivity index (χ2n) is 7.36. The number of amides is 2. The summed E-state index contributed by atoms with van der Waals surface area (Å²) >= 11 is 0. The van der Waals surface area contributed by atoms with E-state index in [0.29, 0.717) is 11.4 Å². The van der Waals surface area contributed by atoms with Crippen molar-refractivity contribution < 1.29 is 19.3 Å². The number of hydrogen-bond donors (Lipinski definition) is 0. The van der Waals surface area contributed by atoms with Gasteiger partial charge in [0.05, 0.1) is 22.3 Å². The summed E-state index contributed by atoms with van der Waals surface area (Å²) in [5.74, 6) is -1.59. The molecule has 0 N–H and O–H groups in total. The van der Waals surface area contributed by atoms with Crippen molar-refractivity contribution in [2.24, 2.45) is 5.92 Å². The van der Waals surface area contributed by atoms with Crippen LogP contribution >= 0.6 is 0 Å². The van der Waals surface area contributed by atoms with Crippen LogP contribution in [0.4, 0.5) is 17.1 Å². The highest BCUT2D eigenvalue weighted by molar-refractivity contribution is 6.23. The number of hydroxylamine groups is 1. The monoisotopic (exact) mass is 415 g/mol. The van der Waals surface area contributed by atoms with Gasteiger partial charge in [-0.1, -0.05) is 54.6 Å². The van der Waals surface area contributed by atoms with Crippen molar-refractivity contribution in [3.8, 4) is 0 Å². The van der Waals surface area contributed by atoms with Crippen LogP contribution in [0.5, 0.6) is 0 Å². The van der Waals surface area contributed by atoms with Crippen molar-refractivity contribution in [2.45, 2.75) is 12.1 Å². The van der Waals surface area contributed by atoms with Crippen LogP contribution < -0.4 is 9.96 Å². The summed E-state index contributed by atoms with van der Waals surface area (Å²) in [6.45, 7) is 0. The van der Waals surface area contributed by atoms with Gasteiger partial charge in [0, 0.05) is 12.1 Å². The van der Waals surface area contributed by atoms with Crippen LogP contribution in [0.15, 0.2) is 84.9 Å². The SMILES string of the molecule is O=C1[C@@H]2[C@@H](c3ccccc3)N(c3cccc([N+](=O)[O-])c3)O[C@H]2C(=O)N1c1ccccc1. The van der Waals surface area contributed by atoms with Gasteiger partial charge in [0.25, 0.3) is 11.6 Å². The van der Waals surface area contributed by atoms with Gasteiger partial charge < -0.3 is 0 Å². The van der Waals surface area contributed by atoms with Gasteiger partial charge in [-0.3, -0.25) is 24.5 Å². The third-order valence-corrected chi connectivity index (χ3v) is 5.57. The Morgan fingerprint density at radius 1 is 0.806 bits per heavy atom. The normalized spacial score (nSPS) is 22.6. The molecule has 8 nitrogen and oxygen atoms in total. The zero-order valence-corrected chi connectivity index (χ0v) is 16.2. The predicted octanol–water partition coefficient (Wildman–Crippen LogP) is 3.65. The molecule has 3 atom stereocenters. The fourth-order valence-corrected chi connectivity index (χ4v) is 4.20. The molecular formula is C23H17N3O5. The summed E-state index contributed by atoms with van der Waals surface area (Å²) in [7, 11) is 0. The van der Waals surface area contributed by atoms with Crippen molar-refractivity contribution in [2.75, 3.05) is 9.96 Å². The van der Waals surface area contributed by atoms with Crippen LogP contribution in [-0.2, 0) is 14.4 Å². The molecule has 2 heterocycles. The van der Waals surface area contributed by atoms with E-state index in [-0.39, 0.29) is 11.6 Å². The Balaban J connectivity index is 1.59. The van der Waals surface area contributed by atoms with E-state index in [1.807, 2.05) is 36.4 Å². The number of rotatable bonds is 4. The number of nitrogens with zero attached hydrogens (tertiary/aromatic N) is 3. The molecule has 31 heavy (non-hydrogen) atoms. The lowest BCUT2D eigenvalue weighted by atomic mass is 9.90. The molecule has 0 aromatic heterocycles. The number of hydrogen-bond acceptors (Lipinski definition) is 6. The minimum atomic E-state index is -1.02. The third-order valence-electron chi connectivity index (χ3n) is 5.57. The number of carbonyl (C=O) groups is 2. The third kappa shape index (κ3) is 3.04. The van der Waals surface area contributed by atoms with Gasteiger partial charge in [0.1, 0.15) is 5.92 Å². The molecular weight excluding hydrogens is 398 g/mol. The molecule has 0 spiro atoms. The number of anilines is 2. The molecule has 3 aromatic carbocycles. The molecule has 2 amide bonds. The summed E-state index contributed by atoms with van der Waals surface area (Å²) in [5.41, 5.74) is 1.57. The fraction of sp³-hybridized carbons (Fsp3) is 0.130. The van der Waals surface area contributed by atoms with E-state index in [0.717, 1.165) is 10.5 Å². The first-order valence-electron chi connectivity index (χ1n) is 9.74. The van der Waals surface area contributed by atoms with Crippen molar-refractivity contribution in [1.29, 1.82) is 0 Å². The molecule has 154 valence electrons. The highest BCUT2D eigenvalue weighted by Gasteiger charge is 2.60. The van der Waals surface area contributed by atoms with E-state index in [4.69, 9.17) is 4.84 Å². The van der Waals surface area contributed by atoms with Gasteiger partial charge >= 0.3 is 0 Å². The Morgan fingerprint density at radius 2 is 1.45 bits per heavy atom. The second kappa shape index (κ2) is 7.33. The molecule has 8 heteroatoms. The summed E-state index contributed by atoms with van der Waals surface area (Å²) in [6.07, 6.45) is -1.02. The van der Waals surface area contributed by atoms with Gasteiger partial charge in [0.2, 0.25) is 5.91 Å². The maximum absolute atomic E-state index is 13.4. The molecule has 3 aromatic rings. The summed E-state index contributed by atoms with van der Waals surface area (Å²) < 4.78 is 0. The van der Waals surface area contributed by atoms with Crippen LogP contribution in [0, 0.1) is 16.0 Å². The molecule has 0 unspecified atom stereocenters. The first-order chi connectivity index (χ1) is 15.1. The van der Waals surface area contributed by atoms with Gasteiger partial charge in [-0.25, -0.2) is 9.96 Å². The Morgan fingerprint density at radius 3 is 2.13 bits per heavy atom. The molecule has 0 radical (unpaired) electrons. The molecule has 2 aliphatic rings. The zero-order valence-electron chi connectivity index (χ0n) is 16.2. The number of nitro benzene ring substituents is 1. The highest BCUT2D eigenvalue weighted by Crippen LogP contribution is 2.47. The van der Waals surface area contributed by atoms with Crippen molar-refractivity contribution in [3.63, 3.8) is 0 Å². The Hall–Kier alpha value is -4.04. The molecule has 2 aliphatic heterocycles. The summed E-state index contributed by atoms with van der Waals surface area (Å²) in [6, 6.07) is 23.3. The van der Waals surface area contributed by atoms with Crippen molar-refractivity contribution >= 4 is 28.9 Å². The van der Waals surface area contributed by atoms with E-state index in [1.54, 1.807) is 36.4 Å². The molecule has 2 fully saturated rings. The number of imide groups is 1. The number of benzene rings is 3. The lowest BCUT2D eigenvalue weighted by Crippen LogP contribution is -2.37. The van der Waals surface area contributed by atoms with Crippen molar-refractivity contribution in [1.82, 2.24) is 0 Å². The number of carbonyl (C=O) groups excluding carboxylic acids is 2. The number of nitro groups is 1. The standard InChI is InChI=1S/C23H17N3O5/c27-22-19-20(15-8-3-1-4-9-15)25(17-12-7-13-18(14-17)26(29)30)31-21(19)23(28)24(22)16-10-5-2-6-11-16/h1-14,19-21H/t19-,20-,21-/m1/s1. The number of non-ortho nitro benzene ring substituents is 1. The Labute approximate surface area is 177 Å². The number of fused-ring (bicyclic) bond motifs is 1. The van der Waals surface area contributed by atoms with Crippen LogP contribution in [0.1, 0.15) is 11.6 Å². The quantitative estimate of drug-likeness (QED) is 0.367. The molecule has 0 saturated carbocycles. The maximum atomic E-state index is 13.4. The first-order valence-corrected chi connectivity index (χ1v) is 9.74. The van der Waals surface area contributed by atoms with Crippen molar-refractivity contribution in [3.05, 3.63) is 101 Å². The Kier molecular flexibility index (Phi) is 4.48. The van der Waals surface area contributed by atoms with Gasteiger partial charge in [-0.15, -0.1) is 0 Å². The van der Waals surface area contributed by atoms with Crippen LogP contribution in [0.3, 0.4) is 0 Å². The summed E-state index contributed by atoms with van der Waals surface area (Å²) in [4.78, 5) is 44.5. The minimum absolute atomic E-state index is 0.103. The van der Waals surface area contributed by atoms with Crippen LogP contribution in [0.2, 0.25) is 0 Å². The lowest BCUT2D eigenvalue weighted by Gasteiger charge is -2.28. The average molecular weight is 415 g/mol. The van der Waals surface area contributed by atoms with E-state index < -0.39 is 28.9 Å². The number of para-hydroxylation sites is 1. The van der Waals surface area contributed by atoms with Gasteiger partial charge in [-0.2, -0.15) is 0 Å². The Bertz CT molecular complexity index is 1170. The molecule has 5 rings (SSSR count). The highest BCUT2D eigenvalue weighted by atomic mass is 16.7. The van der Waals surface area contributed by atoms with Gasteiger partial charge in [-0.05, 0) is 23.8 Å². The largest absolute Gasteiger partial charge is 0.273 e. The van der Waals surface area contributed by atoms with E-state index in [2.05, 4.69) is 0 Å². The minimum Gasteiger partial charge on any atom is -0.273 e. The molecule has 0 bridgehead atoms.